The third-order valence-corrected chi connectivity index (χ3v) is 4.78. The van der Waals surface area contributed by atoms with E-state index in [2.05, 4.69) is 21.3 Å². The maximum atomic E-state index is 8.95. The van der Waals surface area contributed by atoms with Crippen LogP contribution in [-0.2, 0) is 11.3 Å². The molecule has 0 amide bonds. The summed E-state index contributed by atoms with van der Waals surface area (Å²) in [5.41, 5.74) is 0.357. The number of hydrogen-bond acceptors (Lipinski definition) is 6. The van der Waals surface area contributed by atoms with Gasteiger partial charge < -0.3 is 14.5 Å². The van der Waals surface area contributed by atoms with Crippen LogP contribution in [-0.4, -0.2) is 41.2 Å². The lowest BCUT2D eigenvalue weighted by atomic mass is 9.97. The summed E-state index contributed by atoms with van der Waals surface area (Å²) in [6.07, 6.45) is 3.72. The monoisotopic (exact) mass is 324 g/mol. The number of hydrogen-bond donors (Lipinski definition) is 1. The molecule has 2 aromatic heterocycles. The minimum Gasteiger partial charge on any atom is -0.468 e. The molecule has 4 heterocycles. The number of aromatic nitrogens is 1. The van der Waals surface area contributed by atoms with Gasteiger partial charge in [0.1, 0.15) is 23.3 Å². The lowest BCUT2D eigenvalue weighted by molar-refractivity contribution is 0.0115. The van der Waals surface area contributed by atoms with Crippen molar-refractivity contribution >= 4 is 5.82 Å². The van der Waals surface area contributed by atoms with Crippen LogP contribution in [0.1, 0.15) is 24.3 Å². The van der Waals surface area contributed by atoms with Crippen molar-refractivity contribution in [1.29, 1.82) is 5.26 Å². The second kappa shape index (κ2) is 6.27. The Kier molecular flexibility index (Phi) is 3.97. The number of rotatable bonds is 4. The van der Waals surface area contributed by atoms with Gasteiger partial charge in [-0.3, -0.25) is 4.90 Å². The molecule has 0 aromatic carbocycles. The number of likely N-dealkylation sites (tertiary alicyclic amines) is 1. The summed E-state index contributed by atoms with van der Waals surface area (Å²) in [4.78, 5) is 6.67. The van der Waals surface area contributed by atoms with Crippen molar-refractivity contribution in [1.82, 2.24) is 9.88 Å². The average Bonchev–Trinajstić information content (AvgIpc) is 3.32. The van der Waals surface area contributed by atoms with Crippen LogP contribution in [0.15, 0.2) is 41.0 Å². The number of pyridine rings is 1. The molecule has 0 bridgehead atoms. The number of anilines is 1. The third kappa shape index (κ3) is 3.14. The first-order valence-corrected chi connectivity index (χ1v) is 8.27. The smallest absolute Gasteiger partial charge is 0.142 e. The molecule has 6 nitrogen and oxygen atoms in total. The fraction of sp³-hybridized carbons (Fsp3) is 0.444. The number of ether oxygens (including phenoxy) is 1. The largest absolute Gasteiger partial charge is 0.468 e. The maximum absolute atomic E-state index is 8.95. The van der Waals surface area contributed by atoms with E-state index in [-0.39, 0.29) is 11.6 Å². The highest BCUT2D eigenvalue weighted by molar-refractivity contribution is 5.39. The fourth-order valence-electron chi connectivity index (χ4n) is 3.69. The maximum Gasteiger partial charge on any atom is 0.142 e. The van der Waals surface area contributed by atoms with Gasteiger partial charge in [-0.25, -0.2) is 4.98 Å². The second-order valence-electron chi connectivity index (χ2n) is 6.60. The van der Waals surface area contributed by atoms with E-state index in [9.17, 15) is 0 Å². The number of nitrogens with one attached hydrogen (secondary N) is 1. The van der Waals surface area contributed by atoms with Crippen LogP contribution in [0.3, 0.4) is 0 Å². The summed E-state index contributed by atoms with van der Waals surface area (Å²) < 4.78 is 11.6. The Bertz CT molecular complexity index is 740. The zero-order chi connectivity index (χ0) is 16.4. The molecule has 2 unspecified atom stereocenters. The lowest BCUT2D eigenvalue weighted by Crippen LogP contribution is -2.33. The highest BCUT2D eigenvalue weighted by Gasteiger charge is 2.45. The zero-order valence-electron chi connectivity index (χ0n) is 13.4. The Hall–Kier alpha value is -2.36. The van der Waals surface area contributed by atoms with Crippen molar-refractivity contribution in [2.45, 2.75) is 31.0 Å². The molecule has 124 valence electrons. The third-order valence-electron chi connectivity index (χ3n) is 4.78. The van der Waals surface area contributed by atoms with E-state index in [4.69, 9.17) is 14.4 Å². The summed E-state index contributed by atoms with van der Waals surface area (Å²) in [7, 11) is 0. The Morgan fingerprint density at radius 2 is 2.33 bits per heavy atom. The van der Waals surface area contributed by atoms with Gasteiger partial charge in [0.05, 0.1) is 31.1 Å². The molecule has 2 aromatic rings. The Labute approximate surface area is 141 Å². The molecular weight excluding hydrogens is 304 g/mol. The predicted octanol–water partition coefficient (Wildman–Crippen LogP) is 2.39. The molecule has 0 radical (unpaired) electrons. The first-order chi connectivity index (χ1) is 11.7. The quantitative estimate of drug-likeness (QED) is 0.931. The van der Waals surface area contributed by atoms with Gasteiger partial charge in [0, 0.05) is 19.5 Å². The zero-order valence-corrected chi connectivity index (χ0v) is 13.4. The Balaban J connectivity index is 1.35. The highest BCUT2D eigenvalue weighted by Crippen LogP contribution is 2.36. The Morgan fingerprint density at radius 1 is 1.38 bits per heavy atom. The van der Waals surface area contributed by atoms with Gasteiger partial charge in [0.15, 0.2) is 0 Å². The van der Waals surface area contributed by atoms with Crippen LogP contribution in [0, 0.1) is 11.3 Å². The number of nitriles is 1. The summed E-state index contributed by atoms with van der Waals surface area (Å²) in [6, 6.07) is 11.7. The molecule has 2 aliphatic rings. The standard InChI is InChI=1S/C18H20N4O2/c19-10-14-3-1-5-17(20-14)21-15-9-18(24-12-15)6-7-22(13-18)11-16-4-2-8-23-16/h1-5,8,15H,6-7,9,11-13H2,(H,20,21). The molecule has 6 heteroatoms. The summed E-state index contributed by atoms with van der Waals surface area (Å²) in [6.45, 7) is 3.46. The molecule has 0 saturated carbocycles. The van der Waals surface area contributed by atoms with Crippen LogP contribution in [0.2, 0.25) is 0 Å². The van der Waals surface area contributed by atoms with Crippen LogP contribution in [0.25, 0.3) is 0 Å². The molecule has 0 aliphatic carbocycles. The van der Waals surface area contributed by atoms with E-state index < -0.39 is 0 Å². The van der Waals surface area contributed by atoms with Crippen LogP contribution < -0.4 is 5.32 Å². The fourth-order valence-corrected chi connectivity index (χ4v) is 3.69. The average molecular weight is 324 g/mol. The van der Waals surface area contributed by atoms with E-state index in [1.54, 1.807) is 12.3 Å². The lowest BCUT2D eigenvalue weighted by Gasteiger charge is -2.23. The van der Waals surface area contributed by atoms with Gasteiger partial charge in [-0.1, -0.05) is 6.07 Å². The van der Waals surface area contributed by atoms with E-state index >= 15 is 0 Å². The second-order valence-corrected chi connectivity index (χ2v) is 6.60. The minimum atomic E-state index is -0.0723. The molecule has 2 fully saturated rings. The van der Waals surface area contributed by atoms with Gasteiger partial charge in [0.25, 0.3) is 0 Å². The van der Waals surface area contributed by atoms with E-state index in [1.807, 2.05) is 24.3 Å². The van der Waals surface area contributed by atoms with Crippen LogP contribution >= 0.6 is 0 Å². The van der Waals surface area contributed by atoms with Crippen LogP contribution in [0.4, 0.5) is 5.82 Å². The molecular formula is C18H20N4O2. The number of furan rings is 1. The van der Waals surface area contributed by atoms with Crippen molar-refractivity contribution in [3.63, 3.8) is 0 Å². The van der Waals surface area contributed by atoms with Gasteiger partial charge >= 0.3 is 0 Å². The highest BCUT2D eigenvalue weighted by atomic mass is 16.5. The van der Waals surface area contributed by atoms with E-state index in [1.165, 1.54) is 0 Å². The first-order valence-electron chi connectivity index (χ1n) is 8.27. The molecule has 2 aliphatic heterocycles. The van der Waals surface area contributed by atoms with Crippen molar-refractivity contribution in [3.8, 4) is 6.07 Å². The van der Waals surface area contributed by atoms with E-state index in [0.717, 1.165) is 44.1 Å². The van der Waals surface area contributed by atoms with Crippen molar-refractivity contribution in [2.75, 3.05) is 25.0 Å². The van der Waals surface area contributed by atoms with Gasteiger partial charge in [-0.2, -0.15) is 5.26 Å². The molecule has 2 saturated heterocycles. The van der Waals surface area contributed by atoms with Gasteiger partial charge in [0.2, 0.25) is 0 Å². The molecule has 24 heavy (non-hydrogen) atoms. The van der Waals surface area contributed by atoms with Crippen molar-refractivity contribution < 1.29 is 9.15 Å². The SMILES string of the molecule is N#Cc1cccc(NC2COC3(CCN(Cc4ccco4)C3)C2)n1. The number of nitrogens with zero attached hydrogens (tertiary/aromatic N) is 3. The predicted molar refractivity (Wildman–Crippen MR) is 88.3 cm³/mol. The summed E-state index contributed by atoms with van der Waals surface area (Å²) in [5, 5.41) is 12.3. The van der Waals surface area contributed by atoms with Crippen molar-refractivity contribution in [2.24, 2.45) is 0 Å². The first kappa shape index (κ1) is 15.2. The molecule has 1 N–H and O–H groups in total. The Morgan fingerprint density at radius 3 is 3.17 bits per heavy atom. The van der Waals surface area contributed by atoms with Crippen molar-refractivity contribution in [3.05, 3.63) is 48.0 Å². The van der Waals surface area contributed by atoms with Crippen LogP contribution in [0.5, 0.6) is 0 Å². The van der Waals surface area contributed by atoms with E-state index in [0.29, 0.717) is 12.3 Å². The van der Waals surface area contributed by atoms with Gasteiger partial charge in [-0.15, -0.1) is 0 Å². The molecule has 4 rings (SSSR count). The van der Waals surface area contributed by atoms with Gasteiger partial charge in [-0.05, 0) is 30.7 Å². The molecule has 1 spiro atoms. The topological polar surface area (TPSA) is 74.3 Å². The summed E-state index contributed by atoms with van der Waals surface area (Å²) >= 11 is 0. The minimum absolute atomic E-state index is 0.0723. The summed E-state index contributed by atoms with van der Waals surface area (Å²) in [5.74, 6) is 1.74. The molecule has 2 atom stereocenters. The normalized spacial score (nSPS) is 26.7.